The molecule has 0 radical (unpaired) electrons. The molecule has 2 heterocycles. The summed E-state index contributed by atoms with van der Waals surface area (Å²) < 4.78 is 51.2. The van der Waals surface area contributed by atoms with Gasteiger partial charge in [-0.25, -0.2) is 25.8 Å². The maximum atomic E-state index is 12.9. The van der Waals surface area contributed by atoms with Crippen molar-refractivity contribution in [2.75, 3.05) is 19.4 Å². The number of anilines is 1. The topological polar surface area (TPSA) is 118 Å². The second kappa shape index (κ2) is 8.00. The quantitative estimate of drug-likeness (QED) is 0.582. The van der Waals surface area contributed by atoms with Crippen LogP contribution in [0.3, 0.4) is 0 Å². The summed E-state index contributed by atoms with van der Waals surface area (Å²) in [6, 6.07) is 12.2. The van der Waals surface area contributed by atoms with Crippen LogP contribution in [0.2, 0.25) is 5.02 Å². The van der Waals surface area contributed by atoms with Gasteiger partial charge in [0.15, 0.2) is 9.84 Å². The number of fused-ring (bicyclic) bond motifs is 1. The van der Waals surface area contributed by atoms with Crippen molar-refractivity contribution < 1.29 is 21.6 Å². The Labute approximate surface area is 190 Å². The van der Waals surface area contributed by atoms with E-state index in [4.69, 9.17) is 11.6 Å². The number of hydrogen-bond donors (Lipinski definition) is 1. The number of sulfone groups is 1. The van der Waals surface area contributed by atoms with E-state index in [0.717, 1.165) is 4.31 Å². The summed E-state index contributed by atoms with van der Waals surface area (Å²) >= 11 is 5.96. The Morgan fingerprint density at radius 1 is 1.06 bits per heavy atom. The first-order valence-corrected chi connectivity index (χ1v) is 13.0. The summed E-state index contributed by atoms with van der Waals surface area (Å²) in [4.78, 5) is 13.0. The van der Waals surface area contributed by atoms with Crippen molar-refractivity contribution in [3.05, 3.63) is 70.4 Å². The zero-order valence-electron chi connectivity index (χ0n) is 17.1. The van der Waals surface area contributed by atoms with E-state index in [9.17, 15) is 21.6 Å². The Kier molecular flexibility index (Phi) is 5.61. The average Bonchev–Trinajstić information content (AvgIpc) is 3.21. The normalized spacial score (nSPS) is 15.0. The lowest BCUT2D eigenvalue weighted by atomic mass is 10.2. The lowest BCUT2D eigenvalue weighted by molar-refractivity contribution is 0.102. The minimum atomic E-state index is -3.63. The average molecular weight is 495 g/mol. The van der Waals surface area contributed by atoms with Gasteiger partial charge in [0.25, 0.3) is 5.91 Å². The van der Waals surface area contributed by atoms with Crippen LogP contribution < -0.4 is 5.32 Å². The van der Waals surface area contributed by atoms with Crippen molar-refractivity contribution in [1.29, 1.82) is 0 Å². The number of carbonyl (C=O) groups excluding carboxylic acids is 1. The number of benzene rings is 2. The molecule has 3 aromatic rings. The fraction of sp³-hybridized carbons (Fsp3) is 0.200. The van der Waals surface area contributed by atoms with E-state index >= 15 is 0 Å². The molecule has 1 aliphatic rings. The highest BCUT2D eigenvalue weighted by atomic mass is 35.5. The van der Waals surface area contributed by atoms with Crippen LogP contribution in [0.5, 0.6) is 0 Å². The van der Waals surface area contributed by atoms with Gasteiger partial charge in [0.05, 0.1) is 27.8 Å². The molecule has 4 rings (SSSR count). The Bertz CT molecular complexity index is 1410. The Hall–Kier alpha value is -2.73. The molecular formula is C20H19ClN4O5S2. The molecule has 0 saturated heterocycles. The fourth-order valence-corrected chi connectivity index (χ4v) is 5.83. The van der Waals surface area contributed by atoms with Crippen LogP contribution in [0.25, 0.3) is 5.69 Å². The standard InChI is InChI=1S/C20H19ClN4O5S2/c1-24(2)32(29,30)16-9-3-13(4-10-16)20(26)22-19-17-11-31(27,28)12-18(17)23-25(19)15-7-5-14(21)6-8-15/h3-10H,11-12H2,1-2H3,(H,22,26). The highest BCUT2D eigenvalue weighted by Crippen LogP contribution is 2.33. The zero-order chi connectivity index (χ0) is 23.3. The van der Waals surface area contributed by atoms with E-state index in [1.165, 1.54) is 43.0 Å². The zero-order valence-corrected chi connectivity index (χ0v) is 19.5. The lowest BCUT2D eigenvalue weighted by Gasteiger charge is -2.13. The SMILES string of the molecule is CN(C)S(=O)(=O)c1ccc(C(=O)Nc2c3c(nn2-c2ccc(Cl)cc2)CS(=O)(=O)C3)cc1. The molecule has 0 spiro atoms. The molecule has 9 nitrogen and oxygen atoms in total. The first kappa shape index (κ1) is 22.5. The van der Waals surface area contributed by atoms with Gasteiger partial charge in [0, 0.05) is 30.2 Å². The van der Waals surface area contributed by atoms with E-state index in [0.29, 0.717) is 22.0 Å². The number of amides is 1. The van der Waals surface area contributed by atoms with E-state index in [1.807, 2.05) is 0 Å². The maximum Gasteiger partial charge on any atom is 0.256 e. The van der Waals surface area contributed by atoms with Crippen molar-refractivity contribution in [3.8, 4) is 5.69 Å². The smallest absolute Gasteiger partial charge is 0.256 e. The second-order valence-electron chi connectivity index (χ2n) is 7.46. The Balaban J connectivity index is 1.69. The van der Waals surface area contributed by atoms with Gasteiger partial charge in [0.2, 0.25) is 10.0 Å². The summed E-state index contributed by atoms with van der Waals surface area (Å²) in [5.74, 6) is -0.714. The highest BCUT2D eigenvalue weighted by molar-refractivity contribution is 7.90. The molecule has 1 amide bonds. The lowest BCUT2D eigenvalue weighted by Crippen LogP contribution is -2.22. The molecule has 0 atom stereocenters. The van der Waals surface area contributed by atoms with Crippen molar-refractivity contribution in [2.45, 2.75) is 16.4 Å². The third kappa shape index (κ3) is 4.16. The monoisotopic (exact) mass is 494 g/mol. The number of sulfonamides is 1. The van der Waals surface area contributed by atoms with Crippen molar-refractivity contribution in [2.24, 2.45) is 0 Å². The first-order valence-electron chi connectivity index (χ1n) is 9.39. The molecule has 12 heteroatoms. The van der Waals surface area contributed by atoms with Crippen molar-refractivity contribution >= 4 is 43.2 Å². The van der Waals surface area contributed by atoms with Gasteiger partial charge >= 0.3 is 0 Å². The molecule has 0 unspecified atom stereocenters. The molecule has 0 fully saturated rings. The number of aromatic nitrogens is 2. The summed E-state index contributed by atoms with van der Waals surface area (Å²) in [6.45, 7) is 0. The minimum Gasteiger partial charge on any atom is -0.306 e. The van der Waals surface area contributed by atoms with E-state index in [2.05, 4.69) is 10.4 Å². The van der Waals surface area contributed by atoms with Crippen molar-refractivity contribution in [1.82, 2.24) is 14.1 Å². The predicted molar refractivity (Wildman–Crippen MR) is 120 cm³/mol. The molecule has 168 valence electrons. The van der Waals surface area contributed by atoms with Crippen LogP contribution in [0, 0.1) is 0 Å². The summed E-state index contributed by atoms with van der Waals surface area (Å²) in [5, 5.41) is 7.66. The molecule has 1 aliphatic heterocycles. The molecule has 0 bridgehead atoms. The Morgan fingerprint density at radius 2 is 1.69 bits per heavy atom. The van der Waals surface area contributed by atoms with Gasteiger partial charge in [-0.05, 0) is 48.5 Å². The van der Waals surface area contributed by atoms with Gasteiger partial charge < -0.3 is 5.32 Å². The van der Waals surface area contributed by atoms with Crippen LogP contribution in [-0.4, -0.2) is 50.9 Å². The number of rotatable bonds is 5. The van der Waals surface area contributed by atoms with Crippen LogP contribution >= 0.6 is 11.6 Å². The maximum absolute atomic E-state index is 12.9. The van der Waals surface area contributed by atoms with Crippen LogP contribution in [0.4, 0.5) is 5.82 Å². The molecular weight excluding hydrogens is 476 g/mol. The van der Waals surface area contributed by atoms with E-state index in [-0.39, 0.29) is 27.8 Å². The van der Waals surface area contributed by atoms with E-state index in [1.54, 1.807) is 24.3 Å². The molecule has 2 aromatic carbocycles. The second-order valence-corrected chi connectivity index (χ2v) is 12.1. The number of carbonyl (C=O) groups is 1. The minimum absolute atomic E-state index is 0.0530. The van der Waals surface area contributed by atoms with Crippen LogP contribution in [0.1, 0.15) is 21.6 Å². The van der Waals surface area contributed by atoms with Gasteiger partial charge in [-0.3, -0.25) is 4.79 Å². The van der Waals surface area contributed by atoms with Crippen LogP contribution in [0.15, 0.2) is 53.4 Å². The molecule has 1 N–H and O–H groups in total. The predicted octanol–water partition coefficient (Wildman–Crippen LogP) is 2.46. The summed E-state index contributed by atoms with van der Waals surface area (Å²) in [7, 11) is -4.13. The largest absolute Gasteiger partial charge is 0.306 e. The van der Waals surface area contributed by atoms with Gasteiger partial charge in [-0.15, -0.1) is 0 Å². The Morgan fingerprint density at radius 3 is 2.28 bits per heavy atom. The number of nitrogens with zero attached hydrogens (tertiary/aromatic N) is 3. The number of nitrogens with one attached hydrogen (secondary N) is 1. The van der Waals surface area contributed by atoms with Gasteiger partial charge in [-0.1, -0.05) is 11.6 Å². The third-order valence-corrected chi connectivity index (χ3v) is 8.51. The van der Waals surface area contributed by atoms with Gasteiger partial charge in [-0.2, -0.15) is 5.10 Å². The third-order valence-electron chi connectivity index (χ3n) is 4.99. The van der Waals surface area contributed by atoms with Crippen LogP contribution in [-0.2, 0) is 31.4 Å². The highest BCUT2D eigenvalue weighted by Gasteiger charge is 2.33. The van der Waals surface area contributed by atoms with Crippen molar-refractivity contribution in [3.63, 3.8) is 0 Å². The summed E-state index contributed by atoms with van der Waals surface area (Å²) in [6.07, 6.45) is 0. The fourth-order valence-electron chi connectivity index (χ4n) is 3.31. The number of hydrogen-bond acceptors (Lipinski definition) is 6. The molecule has 0 aliphatic carbocycles. The summed E-state index contributed by atoms with van der Waals surface area (Å²) in [5.41, 5.74) is 1.62. The van der Waals surface area contributed by atoms with Gasteiger partial charge in [0.1, 0.15) is 5.82 Å². The molecule has 32 heavy (non-hydrogen) atoms. The first-order chi connectivity index (χ1) is 15.0. The van der Waals surface area contributed by atoms with E-state index < -0.39 is 25.8 Å². The number of halogens is 1. The molecule has 0 saturated carbocycles. The molecule has 1 aromatic heterocycles.